The number of hydrogen-bond acceptors (Lipinski definition) is 12. The molecule has 0 unspecified atom stereocenters. The van der Waals surface area contributed by atoms with E-state index in [2.05, 4.69) is 11.9 Å². The zero-order valence-electron chi connectivity index (χ0n) is 45.0. The van der Waals surface area contributed by atoms with Crippen LogP contribution in [0.4, 0.5) is 0 Å². The molecule has 0 radical (unpaired) electrons. The van der Waals surface area contributed by atoms with Crippen LogP contribution in [0.15, 0.2) is 121 Å². The number of esters is 5. The van der Waals surface area contributed by atoms with Gasteiger partial charge in [-0.2, -0.15) is 0 Å². The first-order chi connectivity index (χ1) is 36.7. The fraction of sp³-hybridized carbons (Fsp3) is 0.540. The van der Waals surface area contributed by atoms with Crippen LogP contribution in [0.2, 0.25) is 0 Å². The lowest BCUT2D eigenvalue weighted by Crippen LogP contribution is -2.34. The molecule has 4 aromatic rings. The fourth-order valence-electron chi connectivity index (χ4n) is 8.96. The highest BCUT2D eigenvalue weighted by Crippen LogP contribution is 2.23. The molecule has 0 bridgehead atoms. The first kappa shape index (κ1) is 61.7. The summed E-state index contributed by atoms with van der Waals surface area (Å²) in [6.45, 7) is 3.80. The van der Waals surface area contributed by atoms with Crippen LogP contribution in [0.5, 0.6) is 0 Å². The van der Waals surface area contributed by atoms with Crippen LogP contribution in [0.1, 0.15) is 164 Å². The van der Waals surface area contributed by atoms with E-state index in [4.69, 9.17) is 23.7 Å². The second-order valence-electron chi connectivity index (χ2n) is 20.1. The van der Waals surface area contributed by atoms with E-state index in [0.717, 1.165) is 151 Å². The molecule has 410 valence electrons. The molecule has 1 aliphatic heterocycles. The van der Waals surface area contributed by atoms with Crippen LogP contribution in [0.25, 0.3) is 0 Å². The van der Waals surface area contributed by atoms with E-state index in [-0.39, 0.29) is 48.3 Å². The molecule has 5 rings (SSSR count). The molecule has 1 N–H and O–H groups in total. The van der Waals surface area contributed by atoms with Crippen molar-refractivity contribution in [1.82, 2.24) is 4.90 Å². The van der Waals surface area contributed by atoms with Gasteiger partial charge in [-0.15, -0.1) is 0 Å². The highest BCUT2D eigenvalue weighted by molar-refractivity contribution is 5.72. The number of ether oxygens (including phenoxy) is 5. The van der Waals surface area contributed by atoms with E-state index >= 15 is 0 Å². The smallest absolute Gasteiger partial charge is 0.309 e. The molecule has 0 aromatic heterocycles. The standard InChI is InChI=1S/C35H49NO6.C28H38O5/c1-36-24-22-32(23-25-36)35(39)42-28-31(18-10-4-12-20-33(37)40-26-29-14-6-2-7-15-29)19-11-5-13-21-34(38)41-27-30-16-8-3-9-17-30;29-21-24(13-5-3-11-19-27(30)32-22-25-15-7-1-8-16-25)14-6-4-12-20-28(31)33-23-26-17-9-2-10-18-26/h2-3,6-9,14-17,31-32H,4-5,10-13,18-28H2,1H3;1-2,7-10,15-18,24,29H,3-6,11-14,19-23H2. The highest BCUT2D eigenvalue weighted by Gasteiger charge is 2.25. The second kappa shape index (κ2) is 39.5. The van der Waals surface area contributed by atoms with Gasteiger partial charge in [0.05, 0.1) is 12.5 Å². The average molecular weight is 1030 g/mol. The summed E-state index contributed by atoms with van der Waals surface area (Å²) in [6.07, 6.45) is 18.3. The molecule has 1 heterocycles. The molecule has 1 aliphatic rings. The number of carbonyl (C=O) groups is 5. The SMILES string of the molecule is CN1CCC(C(=O)OCC(CCCCCC(=O)OCc2ccccc2)CCCCCC(=O)OCc2ccccc2)CC1.O=C(CCCCCC(CO)CCCCCC(=O)OCc1ccccc1)OCc1ccccc1. The van der Waals surface area contributed by atoms with E-state index < -0.39 is 0 Å². The number of rotatable bonds is 36. The van der Waals surface area contributed by atoms with Crippen LogP contribution >= 0.6 is 0 Å². The number of aliphatic hydroxyl groups excluding tert-OH is 1. The van der Waals surface area contributed by atoms with Crippen molar-refractivity contribution >= 4 is 29.8 Å². The van der Waals surface area contributed by atoms with Crippen molar-refractivity contribution < 1.29 is 52.8 Å². The van der Waals surface area contributed by atoms with Crippen molar-refractivity contribution in [2.75, 3.05) is 33.4 Å². The van der Waals surface area contributed by atoms with Gasteiger partial charge < -0.3 is 33.7 Å². The Morgan fingerprint density at radius 1 is 0.427 bits per heavy atom. The predicted octanol–water partition coefficient (Wildman–Crippen LogP) is 12.9. The van der Waals surface area contributed by atoms with E-state index in [1.165, 1.54) is 0 Å². The number of likely N-dealkylation sites (tertiary alicyclic amines) is 1. The van der Waals surface area contributed by atoms with Gasteiger partial charge in [0.1, 0.15) is 26.4 Å². The van der Waals surface area contributed by atoms with Crippen molar-refractivity contribution in [3.63, 3.8) is 0 Å². The molecule has 12 heteroatoms. The Morgan fingerprint density at radius 2 is 0.720 bits per heavy atom. The van der Waals surface area contributed by atoms with Gasteiger partial charge in [0.2, 0.25) is 0 Å². The first-order valence-corrected chi connectivity index (χ1v) is 27.9. The van der Waals surface area contributed by atoms with Gasteiger partial charge in [0, 0.05) is 32.3 Å². The number of benzene rings is 4. The molecule has 1 fully saturated rings. The van der Waals surface area contributed by atoms with Crippen molar-refractivity contribution in [3.05, 3.63) is 144 Å². The third kappa shape index (κ3) is 30.3. The summed E-state index contributed by atoms with van der Waals surface area (Å²) in [4.78, 5) is 62.8. The van der Waals surface area contributed by atoms with Crippen molar-refractivity contribution in [1.29, 1.82) is 0 Å². The summed E-state index contributed by atoms with van der Waals surface area (Å²) in [5.41, 5.74) is 3.99. The van der Waals surface area contributed by atoms with E-state index in [1.54, 1.807) is 0 Å². The predicted molar refractivity (Wildman–Crippen MR) is 293 cm³/mol. The molecular weight excluding hydrogens is 947 g/mol. The largest absolute Gasteiger partial charge is 0.465 e. The number of hydrogen-bond donors (Lipinski definition) is 1. The van der Waals surface area contributed by atoms with Gasteiger partial charge in [0.25, 0.3) is 0 Å². The van der Waals surface area contributed by atoms with Crippen LogP contribution in [-0.4, -0.2) is 73.2 Å². The topological polar surface area (TPSA) is 155 Å². The maximum atomic E-state index is 12.7. The van der Waals surface area contributed by atoms with Gasteiger partial charge in [-0.1, -0.05) is 173 Å². The third-order valence-corrected chi connectivity index (χ3v) is 13.7. The minimum absolute atomic E-state index is 0.00523. The number of nitrogens with zero attached hydrogens (tertiary/aromatic N) is 1. The average Bonchev–Trinajstić information content (AvgIpc) is 3.44. The van der Waals surface area contributed by atoms with E-state index in [1.807, 2.05) is 121 Å². The van der Waals surface area contributed by atoms with Gasteiger partial charge in [-0.25, -0.2) is 0 Å². The minimum Gasteiger partial charge on any atom is -0.465 e. The summed E-state index contributed by atoms with van der Waals surface area (Å²) in [7, 11) is 2.09. The fourth-order valence-corrected chi connectivity index (χ4v) is 8.96. The van der Waals surface area contributed by atoms with Crippen LogP contribution in [-0.2, 0) is 74.1 Å². The number of carbonyl (C=O) groups excluding carboxylic acids is 5. The molecule has 1 saturated heterocycles. The molecule has 12 nitrogen and oxygen atoms in total. The summed E-state index contributed by atoms with van der Waals surface area (Å²) < 4.78 is 27.2. The number of piperidine rings is 1. The lowest BCUT2D eigenvalue weighted by molar-refractivity contribution is -0.152. The van der Waals surface area contributed by atoms with Crippen molar-refractivity contribution in [2.24, 2.45) is 17.8 Å². The Kier molecular flexibility index (Phi) is 32.5. The van der Waals surface area contributed by atoms with Gasteiger partial charge >= 0.3 is 29.8 Å². The van der Waals surface area contributed by atoms with Gasteiger partial charge in [-0.05, 0) is 118 Å². The molecule has 4 aromatic carbocycles. The normalized spacial score (nSPS) is 12.6. The zero-order valence-corrected chi connectivity index (χ0v) is 45.0. The monoisotopic (exact) mass is 1030 g/mol. The van der Waals surface area contributed by atoms with Crippen molar-refractivity contribution in [3.8, 4) is 0 Å². The van der Waals surface area contributed by atoms with Crippen molar-refractivity contribution in [2.45, 2.75) is 168 Å². The lowest BCUT2D eigenvalue weighted by atomic mass is 9.94. The van der Waals surface area contributed by atoms with Crippen LogP contribution in [0, 0.1) is 17.8 Å². The molecule has 0 atom stereocenters. The van der Waals surface area contributed by atoms with Gasteiger partial charge in [0.15, 0.2) is 0 Å². The molecule has 0 aliphatic carbocycles. The molecule has 0 amide bonds. The second-order valence-corrected chi connectivity index (χ2v) is 20.1. The Labute approximate surface area is 448 Å². The third-order valence-electron chi connectivity index (χ3n) is 13.7. The molecule has 75 heavy (non-hydrogen) atoms. The summed E-state index contributed by atoms with van der Waals surface area (Å²) in [6, 6.07) is 38.8. The van der Waals surface area contributed by atoms with Crippen LogP contribution < -0.4 is 0 Å². The maximum Gasteiger partial charge on any atom is 0.309 e. The number of unbranched alkanes of at least 4 members (excludes halogenated alkanes) is 8. The van der Waals surface area contributed by atoms with E-state index in [9.17, 15) is 29.1 Å². The summed E-state index contributed by atoms with van der Waals surface area (Å²) >= 11 is 0. The summed E-state index contributed by atoms with van der Waals surface area (Å²) in [5.74, 6) is -0.106. The van der Waals surface area contributed by atoms with E-state index in [0.29, 0.717) is 64.6 Å². The Balaban J connectivity index is 0.000000334. The first-order valence-electron chi connectivity index (χ1n) is 27.9. The maximum absolute atomic E-state index is 12.7. The van der Waals surface area contributed by atoms with Crippen LogP contribution in [0.3, 0.4) is 0 Å². The van der Waals surface area contributed by atoms with Gasteiger partial charge in [-0.3, -0.25) is 24.0 Å². The zero-order chi connectivity index (χ0) is 53.4. The Bertz CT molecular complexity index is 1980. The minimum atomic E-state index is -0.162. The molecule has 0 spiro atoms. The lowest BCUT2D eigenvalue weighted by Gasteiger charge is -2.28. The number of aliphatic hydroxyl groups is 1. The highest BCUT2D eigenvalue weighted by atomic mass is 16.5. The Hall–Kier alpha value is -5.85. The molecule has 0 saturated carbocycles. The quantitative estimate of drug-likeness (QED) is 0.0262. The molecular formula is C63H87NO11. The Morgan fingerprint density at radius 3 is 1.01 bits per heavy atom. The summed E-state index contributed by atoms with van der Waals surface area (Å²) in [5, 5.41) is 9.62.